The van der Waals surface area contributed by atoms with Gasteiger partial charge in [0.15, 0.2) is 17.3 Å². The van der Waals surface area contributed by atoms with Crippen LogP contribution in [0.25, 0.3) is 28.0 Å². The van der Waals surface area contributed by atoms with Gasteiger partial charge >= 0.3 is 6.18 Å². The van der Waals surface area contributed by atoms with Crippen molar-refractivity contribution in [1.82, 2.24) is 14.6 Å². The maximum Gasteiger partial charge on any atom is 0.417 e. The molecule has 0 fully saturated rings. The summed E-state index contributed by atoms with van der Waals surface area (Å²) >= 11 is 0. The average Bonchev–Trinajstić information content (AvgIpc) is 3.30. The van der Waals surface area contributed by atoms with E-state index in [0.717, 1.165) is 30.3 Å². The number of nitrogens with zero attached hydrogens (tertiary/aromatic N) is 3. The van der Waals surface area contributed by atoms with Gasteiger partial charge in [0, 0.05) is 23.0 Å². The van der Waals surface area contributed by atoms with Crippen molar-refractivity contribution < 1.29 is 31.1 Å². The van der Waals surface area contributed by atoms with Crippen LogP contribution in [0.5, 0.6) is 0 Å². The average molecular weight is 512 g/mol. The Morgan fingerprint density at radius 3 is 2.38 bits per heavy atom. The summed E-state index contributed by atoms with van der Waals surface area (Å²) in [4.78, 5) is 17.1. The van der Waals surface area contributed by atoms with Crippen molar-refractivity contribution in [2.45, 2.75) is 6.18 Å². The Balaban J connectivity index is 1.61. The Bertz CT molecular complexity index is 1640. The van der Waals surface area contributed by atoms with Crippen LogP contribution in [-0.2, 0) is 6.18 Å². The molecule has 0 radical (unpaired) electrons. The van der Waals surface area contributed by atoms with E-state index in [9.17, 15) is 31.1 Å². The number of carbonyl (C=O) groups excluding carboxylic acids is 1. The zero-order valence-corrected chi connectivity index (χ0v) is 18.5. The first-order valence-electron chi connectivity index (χ1n) is 10.7. The molecule has 1 amide bonds. The third-order valence-electron chi connectivity index (χ3n) is 5.61. The molecule has 5 rings (SSSR count). The SMILES string of the molecule is O=C(Nc1ccc(F)cc1)c1cc(-c2ccnn3c(-c4cccc(F)c4F)cnc23)ccc1C(F)(F)F. The molecular weight excluding hydrogens is 498 g/mol. The summed E-state index contributed by atoms with van der Waals surface area (Å²) in [6.45, 7) is 0. The molecule has 1 N–H and O–H groups in total. The van der Waals surface area contributed by atoms with E-state index in [4.69, 9.17) is 0 Å². The number of halogens is 6. The van der Waals surface area contributed by atoms with E-state index in [-0.39, 0.29) is 28.2 Å². The van der Waals surface area contributed by atoms with Crippen LogP contribution in [0.3, 0.4) is 0 Å². The van der Waals surface area contributed by atoms with Crippen molar-refractivity contribution >= 4 is 17.2 Å². The first kappa shape index (κ1) is 24.0. The minimum Gasteiger partial charge on any atom is -0.322 e. The maximum atomic E-state index is 14.4. The minimum atomic E-state index is -4.84. The van der Waals surface area contributed by atoms with Crippen molar-refractivity contribution in [3.05, 3.63) is 108 Å². The van der Waals surface area contributed by atoms with Crippen LogP contribution in [0.15, 0.2) is 79.1 Å². The summed E-state index contributed by atoms with van der Waals surface area (Å²) in [7, 11) is 0. The van der Waals surface area contributed by atoms with E-state index in [1.807, 2.05) is 0 Å². The van der Waals surface area contributed by atoms with E-state index >= 15 is 0 Å². The van der Waals surface area contributed by atoms with Gasteiger partial charge in [0.2, 0.25) is 0 Å². The molecule has 5 nitrogen and oxygen atoms in total. The Hall–Kier alpha value is -4.67. The maximum absolute atomic E-state index is 14.4. The summed E-state index contributed by atoms with van der Waals surface area (Å²) < 4.78 is 83.8. The number of amides is 1. The lowest BCUT2D eigenvalue weighted by molar-refractivity contribution is -0.137. The van der Waals surface area contributed by atoms with Gasteiger partial charge in [0.1, 0.15) is 5.82 Å². The molecule has 0 spiro atoms. The molecule has 0 saturated heterocycles. The monoisotopic (exact) mass is 512 g/mol. The van der Waals surface area contributed by atoms with Gasteiger partial charge in [-0.05, 0) is 60.2 Å². The highest BCUT2D eigenvalue weighted by Crippen LogP contribution is 2.36. The summed E-state index contributed by atoms with van der Waals surface area (Å²) in [6, 6.07) is 12.6. The lowest BCUT2D eigenvalue weighted by Crippen LogP contribution is -2.19. The molecule has 3 aromatic carbocycles. The second-order valence-electron chi connectivity index (χ2n) is 7.94. The number of alkyl halides is 3. The van der Waals surface area contributed by atoms with E-state index in [2.05, 4.69) is 15.4 Å². The van der Waals surface area contributed by atoms with Gasteiger partial charge in [0.05, 0.1) is 23.0 Å². The number of hydrogen-bond acceptors (Lipinski definition) is 3. The molecule has 0 aliphatic rings. The number of carbonyl (C=O) groups is 1. The quantitative estimate of drug-likeness (QED) is 0.271. The van der Waals surface area contributed by atoms with Gasteiger partial charge in [-0.2, -0.15) is 18.3 Å². The molecular formula is C26H14F6N4O. The van der Waals surface area contributed by atoms with Crippen molar-refractivity contribution in [1.29, 1.82) is 0 Å². The third-order valence-corrected chi connectivity index (χ3v) is 5.61. The van der Waals surface area contributed by atoms with Crippen LogP contribution in [0, 0.1) is 17.5 Å². The predicted molar refractivity (Wildman–Crippen MR) is 123 cm³/mol. The highest BCUT2D eigenvalue weighted by atomic mass is 19.4. The van der Waals surface area contributed by atoms with Crippen LogP contribution < -0.4 is 5.32 Å². The summed E-state index contributed by atoms with van der Waals surface area (Å²) in [5.74, 6) is -3.81. The van der Waals surface area contributed by atoms with E-state index < -0.39 is 40.7 Å². The second kappa shape index (κ2) is 9.08. The molecule has 2 heterocycles. The molecule has 0 saturated carbocycles. The molecule has 0 aliphatic carbocycles. The third kappa shape index (κ3) is 4.51. The zero-order valence-electron chi connectivity index (χ0n) is 18.5. The normalized spacial score (nSPS) is 11.6. The van der Waals surface area contributed by atoms with E-state index in [1.54, 1.807) is 0 Å². The molecule has 5 aromatic rings. The smallest absolute Gasteiger partial charge is 0.322 e. The molecule has 37 heavy (non-hydrogen) atoms. The Labute approximate surface area is 205 Å². The van der Waals surface area contributed by atoms with Crippen molar-refractivity contribution in [2.75, 3.05) is 5.32 Å². The summed E-state index contributed by atoms with van der Waals surface area (Å²) in [5, 5.41) is 6.46. The van der Waals surface area contributed by atoms with Crippen LogP contribution in [0.4, 0.5) is 32.0 Å². The fraction of sp³-hybridized carbons (Fsp3) is 0.0385. The van der Waals surface area contributed by atoms with Gasteiger partial charge in [-0.1, -0.05) is 12.1 Å². The van der Waals surface area contributed by atoms with E-state index in [0.29, 0.717) is 5.56 Å². The molecule has 0 aliphatic heterocycles. The number of nitrogens with one attached hydrogen (secondary N) is 1. The van der Waals surface area contributed by atoms with Crippen molar-refractivity contribution in [2.24, 2.45) is 0 Å². The van der Waals surface area contributed by atoms with Gasteiger partial charge in [-0.25, -0.2) is 22.7 Å². The topological polar surface area (TPSA) is 59.3 Å². The first-order chi connectivity index (χ1) is 17.6. The van der Waals surface area contributed by atoms with Crippen LogP contribution >= 0.6 is 0 Å². The highest BCUT2D eigenvalue weighted by molar-refractivity contribution is 6.06. The number of fused-ring (bicyclic) bond motifs is 1. The van der Waals surface area contributed by atoms with Gasteiger partial charge in [-0.15, -0.1) is 0 Å². The molecule has 0 unspecified atom stereocenters. The number of benzene rings is 3. The van der Waals surface area contributed by atoms with Gasteiger partial charge < -0.3 is 5.32 Å². The fourth-order valence-electron chi connectivity index (χ4n) is 3.88. The number of rotatable bonds is 4. The highest BCUT2D eigenvalue weighted by Gasteiger charge is 2.35. The van der Waals surface area contributed by atoms with Crippen molar-refractivity contribution in [3.63, 3.8) is 0 Å². The first-order valence-corrected chi connectivity index (χ1v) is 10.7. The standard InChI is InChI=1S/C26H14F6N4O/c27-15-5-7-16(8-6-15)35-25(37)19-12-14(4-9-20(19)26(30,31)32)17-10-11-34-36-22(13-33-24(17)36)18-2-1-3-21(28)23(18)29/h1-13H,(H,35,37). The summed E-state index contributed by atoms with van der Waals surface area (Å²) in [6.07, 6.45) is -2.26. The Kier molecular flexibility index (Phi) is 5.90. The van der Waals surface area contributed by atoms with E-state index in [1.165, 1.54) is 53.3 Å². The minimum absolute atomic E-state index is 0.103. The molecule has 0 bridgehead atoms. The molecule has 186 valence electrons. The molecule has 11 heteroatoms. The number of hydrogen-bond donors (Lipinski definition) is 1. The van der Waals surface area contributed by atoms with Crippen LogP contribution in [-0.4, -0.2) is 20.5 Å². The summed E-state index contributed by atoms with van der Waals surface area (Å²) in [5.41, 5.74) is -1.10. The number of aromatic nitrogens is 3. The van der Waals surface area contributed by atoms with Gasteiger partial charge in [-0.3, -0.25) is 4.79 Å². The lowest BCUT2D eigenvalue weighted by atomic mass is 9.99. The molecule has 2 aromatic heterocycles. The predicted octanol–water partition coefficient (Wildman–Crippen LogP) is 6.75. The zero-order chi connectivity index (χ0) is 26.3. The number of anilines is 1. The second-order valence-corrected chi connectivity index (χ2v) is 7.94. The lowest BCUT2D eigenvalue weighted by Gasteiger charge is -2.15. The molecule has 0 atom stereocenters. The van der Waals surface area contributed by atoms with Crippen LogP contribution in [0.1, 0.15) is 15.9 Å². The Morgan fingerprint density at radius 2 is 1.65 bits per heavy atom. The Morgan fingerprint density at radius 1 is 0.892 bits per heavy atom. The fourth-order valence-corrected chi connectivity index (χ4v) is 3.88. The van der Waals surface area contributed by atoms with Crippen molar-refractivity contribution in [3.8, 4) is 22.4 Å². The van der Waals surface area contributed by atoms with Crippen LogP contribution in [0.2, 0.25) is 0 Å². The van der Waals surface area contributed by atoms with Gasteiger partial charge in [0.25, 0.3) is 5.91 Å². The number of imidazole rings is 1. The largest absolute Gasteiger partial charge is 0.417 e.